The van der Waals surface area contributed by atoms with E-state index < -0.39 is 15.8 Å². The Morgan fingerprint density at radius 2 is 1.79 bits per heavy atom. The molecule has 24 heavy (non-hydrogen) atoms. The SMILES string of the molecule is CCCCCc1ccc(S(=O)(=O)Nc2cc(C)c(F)cc2Cl)cc1. The number of hydrogen-bond acceptors (Lipinski definition) is 2. The molecule has 0 saturated heterocycles. The molecular formula is C18H21ClFNO2S. The minimum absolute atomic E-state index is 0.0258. The Balaban J connectivity index is 2.17. The fourth-order valence-electron chi connectivity index (χ4n) is 2.35. The molecular weight excluding hydrogens is 349 g/mol. The first-order chi connectivity index (χ1) is 11.3. The molecule has 1 N–H and O–H groups in total. The minimum Gasteiger partial charge on any atom is -0.278 e. The Hall–Kier alpha value is -1.59. The average Bonchev–Trinajstić information content (AvgIpc) is 2.53. The van der Waals surface area contributed by atoms with E-state index in [4.69, 9.17) is 11.6 Å². The average molecular weight is 370 g/mol. The predicted molar refractivity (Wildman–Crippen MR) is 96.6 cm³/mol. The first-order valence-corrected chi connectivity index (χ1v) is 9.77. The molecule has 2 aromatic rings. The van der Waals surface area contributed by atoms with E-state index in [9.17, 15) is 12.8 Å². The molecule has 0 atom stereocenters. The van der Waals surface area contributed by atoms with Crippen LogP contribution >= 0.6 is 11.6 Å². The molecule has 130 valence electrons. The van der Waals surface area contributed by atoms with Gasteiger partial charge in [-0.05, 0) is 55.2 Å². The van der Waals surface area contributed by atoms with Crippen LogP contribution in [0.2, 0.25) is 5.02 Å². The van der Waals surface area contributed by atoms with Gasteiger partial charge in [-0.25, -0.2) is 12.8 Å². The maximum atomic E-state index is 13.4. The van der Waals surface area contributed by atoms with E-state index in [1.165, 1.54) is 6.07 Å². The molecule has 0 fully saturated rings. The molecule has 0 spiro atoms. The lowest BCUT2D eigenvalue weighted by Gasteiger charge is -2.11. The third-order valence-electron chi connectivity index (χ3n) is 3.80. The van der Waals surface area contributed by atoms with Crippen LogP contribution in [0.15, 0.2) is 41.3 Å². The lowest BCUT2D eigenvalue weighted by Crippen LogP contribution is -2.13. The number of hydrogen-bond donors (Lipinski definition) is 1. The van der Waals surface area contributed by atoms with Gasteiger partial charge in [-0.1, -0.05) is 43.5 Å². The van der Waals surface area contributed by atoms with Gasteiger partial charge in [0.05, 0.1) is 15.6 Å². The number of rotatable bonds is 7. The van der Waals surface area contributed by atoms with Gasteiger partial charge in [0.15, 0.2) is 0 Å². The Kier molecular flexibility index (Phi) is 6.24. The van der Waals surface area contributed by atoms with Crippen LogP contribution in [0.1, 0.15) is 37.3 Å². The van der Waals surface area contributed by atoms with Crippen molar-refractivity contribution in [2.45, 2.75) is 44.4 Å². The maximum Gasteiger partial charge on any atom is 0.261 e. The van der Waals surface area contributed by atoms with Crippen molar-refractivity contribution in [1.82, 2.24) is 0 Å². The third-order valence-corrected chi connectivity index (χ3v) is 5.49. The molecule has 0 amide bonds. The number of sulfonamides is 1. The largest absolute Gasteiger partial charge is 0.278 e. The second-order valence-electron chi connectivity index (χ2n) is 5.79. The summed E-state index contributed by atoms with van der Waals surface area (Å²) in [5.74, 6) is -0.473. The Morgan fingerprint density at radius 1 is 1.12 bits per heavy atom. The van der Waals surface area contributed by atoms with Crippen molar-refractivity contribution in [3.8, 4) is 0 Å². The lowest BCUT2D eigenvalue weighted by molar-refractivity contribution is 0.600. The molecule has 0 aliphatic carbocycles. The van der Waals surface area contributed by atoms with Crippen molar-refractivity contribution >= 4 is 27.3 Å². The topological polar surface area (TPSA) is 46.2 Å². The Labute approximate surface area is 147 Å². The van der Waals surface area contributed by atoms with Gasteiger partial charge in [-0.15, -0.1) is 0 Å². The van der Waals surface area contributed by atoms with Crippen molar-refractivity contribution in [3.05, 3.63) is 58.4 Å². The van der Waals surface area contributed by atoms with Crippen molar-refractivity contribution in [1.29, 1.82) is 0 Å². The van der Waals surface area contributed by atoms with Crippen LogP contribution in [0.3, 0.4) is 0 Å². The standard InChI is InChI=1S/C18H21ClFNO2S/c1-3-4-5-6-14-7-9-15(10-8-14)24(22,23)21-18-11-13(2)17(20)12-16(18)19/h7-12,21H,3-6H2,1-2H3. The number of halogens is 2. The van der Waals surface area contributed by atoms with Gasteiger partial charge in [0.2, 0.25) is 0 Å². The molecule has 3 nitrogen and oxygen atoms in total. The fraction of sp³-hybridized carbons (Fsp3) is 0.333. The van der Waals surface area contributed by atoms with E-state index in [0.29, 0.717) is 5.56 Å². The first-order valence-electron chi connectivity index (χ1n) is 7.91. The van der Waals surface area contributed by atoms with E-state index in [1.807, 2.05) is 12.1 Å². The van der Waals surface area contributed by atoms with Gasteiger partial charge in [0, 0.05) is 0 Å². The molecule has 0 aromatic heterocycles. The van der Waals surface area contributed by atoms with Gasteiger partial charge in [0.1, 0.15) is 5.82 Å². The molecule has 0 saturated carbocycles. The van der Waals surface area contributed by atoms with Crippen LogP contribution in [-0.2, 0) is 16.4 Å². The number of anilines is 1. The molecule has 0 heterocycles. The van der Waals surface area contributed by atoms with E-state index in [2.05, 4.69) is 11.6 Å². The van der Waals surface area contributed by atoms with Crippen molar-refractivity contribution < 1.29 is 12.8 Å². The quantitative estimate of drug-likeness (QED) is 0.671. The summed E-state index contributed by atoms with van der Waals surface area (Å²) in [7, 11) is -3.76. The van der Waals surface area contributed by atoms with Crippen LogP contribution in [0.25, 0.3) is 0 Å². The van der Waals surface area contributed by atoms with Gasteiger partial charge in [-0.2, -0.15) is 0 Å². The highest BCUT2D eigenvalue weighted by atomic mass is 35.5. The number of nitrogens with one attached hydrogen (secondary N) is 1. The molecule has 2 rings (SSSR count). The van der Waals surface area contributed by atoms with Crippen LogP contribution in [-0.4, -0.2) is 8.42 Å². The van der Waals surface area contributed by atoms with E-state index in [0.717, 1.165) is 37.3 Å². The maximum absolute atomic E-state index is 13.4. The summed E-state index contributed by atoms with van der Waals surface area (Å²) in [4.78, 5) is 0.153. The predicted octanol–water partition coefficient (Wildman–Crippen LogP) is 5.32. The highest BCUT2D eigenvalue weighted by Gasteiger charge is 2.16. The summed E-state index contributed by atoms with van der Waals surface area (Å²) in [5.41, 5.74) is 1.60. The molecule has 0 bridgehead atoms. The second-order valence-corrected chi connectivity index (χ2v) is 7.88. The molecule has 6 heteroatoms. The van der Waals surface area contributed by atoms with E-state index >= 15 is 0 Å². The summed E-state index contributed by atoms with van der Waals surface area (Å²) in [6.07, 6.45) is 4.33. The zero-order chi connectivity index (χ0) is 17.7. The van der Waals surface area contributed by atoms with E-state index in [-0.39, 0.29) is 15.6 Å². The summed E-state index contributed by atoms with van der Waals surface area (Å²) in [6.45, 7) is 3.69. The third kappa shape index (κ3) is 4.71. The molecule has 0 unspecified atom stereocenters. The molecule has 0 aliphatic heterocycles. The number of benzene rings is 2. The zero-order valence-electron chi connectivity index (χ0n) is 13.8. The van der Waals surface area contributed by atoms with E-state index in [1.54, 1.807) is 19.1 Å². The van der Waals surface area contributed by atoms with Crippen molar-refractivity contribution in [2.24, 2.45) is 0 Å². The second kappa shape index (κ2) is 7.99. The fourth-order valence-corrected chi connectivity index (χ4v) is 3.68. The molecule has 2 aromatic carbocycles. The van der Waals surface area contributed by atoms with Gasteiger partial charge < -0.3 is 0 Å². The number of aryl methyl sites for hydroxylation is 2. The van der Waals surface area contributed by atoms with Gasteiger partial charge >= 0.3 is 0 Å². The zero-order valence-corrected chi connectivity index (χ0v) is 15.3. The lowest BCUT2D eigenvalue weighted by atomic mass is 10.1. The smallest absolute Gasteiger partial charge is 0.261 e. The summed E-state index contributed by atoms with van der Waals surface area (Å²) in [5, 5.41) is 0.0258. The van der Waals surface area contributed by atoms with Gasteiger partial charge in [0.25, 0.3) is 10.0 Å². The molecule has 0 radical (unpaired) electrons. The van der Waals surface area contributed by atoms with Gasteiger partial charge in [-0.3, -0.25) is 4.72 Å². The van der Waals surface area contributed by atoms with Crippen LogP contribution < -0.4 is 4.72 Å². The first kappa shape index (κ1) is 18.7. The van der Waals surface area contributed by atoms with Crippen molar-refractivity contribution in [2.75, 3.05) is 4.72 Å². The normalized spacial score (nSPS) is 11.5. The summed E-state index contributed by atoms with van der Waals surface area (Å²) < 4.78 is 40.8. The highest BCUT2D eigenvalue weighted by Crippen LogP contribution is 2.27. The van der Waals surface area contributed by atoms with Crippen LogP contribution in [0.4, 0.5) is 10.1 Å². The minimum atomic E-state index is -3.76. The summed E-state index contributed by atoms with van der Waals surface area (Å²) >= 11 is 5.92. The molecule has 0 aliphatic rings. The van der Waals surface area contributed by atoms with Crippen LogP contribution in [0.5, 0.6) is 0 Å². The Bertz CT molecular complexity index is 805. The van der Waals surface area contributed by atoms with Crippen LogP contribution in [0, 0.1) is 12.7 Å². The monoisotopic (exact) mass is 369 g/mol. The summed E-state index contributed by atoms with van der Waals surface area (Å²) in [6, 6.07) is 9.28. The van der Waals surface area contributed by atoms with Crippen molar-refractivity contribution in [3.63, 3.8) is 0 Å². The number of unbranched alkanes of at least 4 members (excludes halogenated alkanes) is 2. The highest BCUT2D eigenvalue weighted by molar-refractivity contribution is 7.92. The Morgan fingerprint density at radius 3 is 2.42 bits per heavy atom.